The fourth-order valence-corrected chi connectivity index (χ4v) is 2.30. The minimum Gasteiger partial charge on any atom is -0.361 e. The summed E-state index contributed by atoms with van der Waals surface area (Å²) in [6.45, 7) is 0.956. The Hall–Kier alpha value is -1.02. The van der Waals surface area contributed by atoms with E-state index in [0.29, 0.717) is 0 Å². The molecule has 3 heteroatoms. The van der Waals surface area contributed by atoms with Gasteiger partial charge in [-0.2, -0.15) is 0 Å². The summed E-state index contributed by atoms with van der Waals surface area (Å²) in [5.74, 6) is 0.256. The Kier molecular flexibility index (Phi) is 3.27. The van der Waals surface area contributed by atoms with Crippen LogP contribution in [0.3, 0.4) is 0 Å². The molecule has 1 aromatic rings. The van der Waals surface area contributed by atoms with Crippen LogP contribution in [0.2, 0.25) is 0 Å². The van der Waals surface area contributed by atoms with Crippen LogP contribution in [0.15, 0.2) is 30.3 Å². The summed E-state index contributed by atoms with van der Waals surface area (Å²) in [5.41, 5.74) is 1.12. The summed E-state index contributed by atoms with van der Waals surface area (Å²) in [6.07, 6.45) is 2.00. The summed E-state index contributed by atoms with van der Waals surface area (Å²) < 4.78 is 0. The van der Waals surface area contributed by atoms with Crippen molar-refractivity contribution in [1.82, 2.24) is 0 Å². The Morgan fingerprint density at radius 1 is 1.40 bits per heavy atom. The monoisotopic (exact) mass is 223 g/mol. The van der Waals surface area contributed by atoms with E-state index in [1.54, 1.807) is 0 Å². The maximum absolute atomic E-state index is 11.6. The fraction of sp³-hybridized carbons (Fsp3) is 0.417. The number of ketones is 1. The number of nitrogens with zero attached hydrogens (tertiary/aromatic N) is 1. The Morgan fingerprint density at radius 2 is 2.13 bits per heavy atom. The van der Waals surface area contributed by atoms with Gasteiger partial charge in [0, 0.05) is 12.2 Å². The van der Waals surface area contributed by atoms with Crippen molar-refractivity contribution in [3.63, 3.8) is 0 Å². The summed E-state index contributed by atoms with van der Waals surface area (Å²) in [5, 5.41) is 0. The topological polar surface area (TPSA) is 20.3 Å². The molecule has 0 bridgehead atoms. The molecule has 0 aliphatic carbocycles. The predicted molar refractivity (Wildman–Crippen MR) is 62.5 cm³/mol. The molecule has 0 spiro atoms. The third kappa shape index (κ3) is 2.15. The molecule has 0 radical (unpaired) electrons. The number of carbonyl (C=O) groups is 1. The van der Waals surface area contributed by atoms with E-state index in [1.807, 2.05) is 30.3 Å². The number of benzene rings is 1. The zero-order valence-corrected chi connectivity index (χ0v) is 9.28. The number of alkyl halides is 1. The molecular formula is C12H14ClNO. The second-order valence-corrected chi connectivity index (χ2v) is 4.05. The van der Waals surface area contributed by atoms with E-state index in [9.17, 15) is 4.79 Å². The predicted octanol–water partition coefficient (Wildman–Crippen LogP) is 2.46. The van der Waals surface area contributed by atoms with Crippen LogP contribution in [0.25, 0.3) is 0 Å². The summed E-state index contributed by atoms with van der Waals surface area (Å²) in [6, 6.07) is 10.0. The van der Waals surface area contributed by atoms with Gasteiger partial charge in [-0.15, -0.1) is 11.6 Å². The SMILES string of the molecule is O=C(CCl)[C@@H]1CCCN1c1ccccc1. The van der Waals surface area contributed by atoms with Crippen molar-refractivity contribution in [3.8, 4) is 0 Å². The summed E-state index contributed by atoms with van der Waals surface area (Å²) in [4.78, 5) is 13.8. The van der Waals surface area contributed by atoms with Crippen molar-refractivity contribution in [2.75, 3.05) is 17.3 Å². The lowest BCUT2D eigenvalue weighted by Gasteiger charge is -2.25. The van der Waals surface area contributed by atoms with E-state index in [1.165, 1.54) is 0 Å². The van der Waals surface area contributed by atoms with Crippen LogP contribution in [0.4, 0.5) is 5.69 Å². The first-order valence-corrected chi connectivity index (χ1v) is 5.77. The standard InChI is InChI=1S/C12H14ClNO/c13-9-12(15)11-7-4-8-14(11)10-5-2-1-3-6-10/h1-3,5-6,11H,4,7-9H2/t11-/m0/s1. The Labute approximate surface area is 94.8 Å². The number of hydrogen-bond donors (Lipinski definition) is 0. The second-order valence-electron chi connectivity index (χ2n) is 3.79. The second kappa shape index (κ2) is 4.67. The van der Waals surface area contributed by atoms with E-state index in [0.717, 1.165) is 25.1 Å². The number of hydrogen-bond acceptors (Lipinski definition) is 2. The van der Waals surface area contributed by atoms with E-state index >= 15 is 0 Å². The zero-order valence-electron chi connectivity index (χ0n) is 8.53. The smallest absolute Gasteiger partial charge is 0.169 e. The van der Waals surface area contributed by atoms with Crippen molar-refractivity contribution < 1.29 is 4.79 Å². The van der Waals surface area contributed by atoms with Gasteiger partial charge in [0.15, 0.2) is 5.78 Å². The molecule has 1 heterocycles. The third-order valence-electron chi connectivity index (χ3n) is 2.84. The molecule has 1 fully saturated rings. The normalized spacial score (nSPS) is 20.6. The molecule has 80 valence electrons. The highest BCUT2D eigenvalue weighted by Crippen LogP contribution is 2.25. The van der Waals surface area contributed by atoms with Crippen molar-refractivity contribution in [2.24, 2.45) is 0 Å². The van der Waals surface area contributed by atoms with Gasteiger partial charge in [0.05, 0.1) is 11.9 Å². The molecular weight excluding hydrogens is 210 g/mol. The Bertz CT molecular complexity index is 339. The van der Waals surface area contributed by atoms with E-state index < -0.39 is 0 Å². The maximum Gasteiger partial charge on any atom is 0.169 e. The van der Waals surface area contributed by atoms with E-state index in [-0.39, 0.29) is 17.7 Å². The lowest BCUT2D eigenvalue weighted by Crippen LogP contribution is -2.36. The molecule has 1 saturated heterocycles. The van der Waals surface area contributed by atoms with Crippen molar-refractivity contribution in [3.05, 3.63) is 30.3 Å². The minimum absolute atomic E-state index is 0.00935. The van der Waals surface area contributed by atoms with Crippen LogP contribution in [0.1, 0.15) is 12.8 Å². The number of halogens is 1. The first-order valence-electron chi connectivity index (χ1n) is 5.23. The first kappa shape index (κ1) is 10.5. The molecule has 2 rings (SSSR count). The Balaban J connectivity index is 2.18. The first-order chi connectivity index (χ1) is 7.33. The largest absolute Gasteiger partial charge is 0.361 e. The molecule has 1 aliphatic heterocycles. The van der Waals surface area contributed by atoms with Gasteiger partial charge in [-0.1, -0.05) is 18.2 Å². The average Bonchev–Trinajstić information content (AvgIpc) is 2.78. The van der Waals surface area contributed by atoms with E-state index in [4.69, 9.17) is 11.6 Å². The van der Waals surface area contributed by atoms with Crippen molar-refractivity contribution in [2.45, 2.75) is 18.9 Å². The van der Waals surface area contributed by atoms with Crippen LogP contribution in [-0.4, -0.2) is 24.2 Å². The van der Waals surface area contributed by atoms with Gasteiger partial charge < -0.3 is 4.90 Å². The summed E-state index contributed by atoms with van der Waals surface area (Å²) in [7, 11) is 0. The third-order valence-corrected chi connectivity index (χ3v) is 3.11. The molecule has 0 saturated carbocycles. The van der Waals surface area contributed by atoms with Gasteiger partial charge >= 0.3 is 0 Å². The Morgan fingerprint density at radius 3 is 2.80 bits per heavy atom. The molecule has 2 nitrogen and oxygen atoms in total. The number of para-hydroxylation sites is 1. The van der Waals surface area contributed by atoms with E-state index in [2.05, 4.69) is 4.90 Å². The average molecular weight is 224 g/mol. The van der Waals surface area contributed by atoms with Crippen molar-refractivity contribution in [1.29, 1.82) is 0 Å². The van der Waals surface area contributed by atoms with Gasteiger partial charge in [0.2, 0.25) is 0 Å². The van der Waals surface area contributed by atoms with Crippen LogP contribution in [0, 0.1) is 0 Å². The lowest BCUT2D eigenvalue weighted by molar-refractivity contribution is -0.117. The van der Waals surface area contributed by atoms with Gasteiger partial charge in [-0.25, -0.2) is 0 Å². The van der Waals surface area contributed by atoms with Gasteiger partial charge in [0.25, 0.3) is 0 Å². The molecule has 1 aromatic carbocycles. The number of Topliss-reactive ketones (excluding diaryl/α,β-unsaturated/α-hetero) is 1. The highest BCUT2D eigenvalue weighted by Gasteiger charge is 2.29. The molecule has 0 aromatic heterocycles. The van der Waals surface area contributed by atoms with Crippen LogP contribution >= 0.6 is 11.6 Å². The number of carbonyl (C=O) groups excluding carboxylic acids is 1. The fourth-order valence-electron chi connectivity index (χ4n) is 2.12. The highest BCUT2D eigenvalue weighted by atomic mass is 35.5. The minimum atomic E-state index is -0.00935. The van der Waals surface area contributed by atoms with Crippen LogP contribution < -0.4 is 4.90 Å². The number of rotatable bonds is 3. The summed E-state index contributed by atoms with van der Waals surface area (Å²) >= 11 is 5.61. The molecule has 0 unspecified atom stereocenters. The number of anilines is 1. The quantitative estimate of drug-likeness (QED) is 0.734. The molecule has 0 amide bonds. The highest BCUT2D eigenvalue weighted by molar-refractivity contribution is 6.28. The lowest BCUT2D eigenvalue weighted by atomic mass is 10.1. The molecule has 0 N–H and O–H groups in total. The zero-order chi connectivity index (χ0) is 10.7. The maximum atomic E-state index is 11.6. The van der Waals surface area contributed by atoms with Crippen LogP contribution in [-0.2, 0) is 4.79 Å². The molecule has 1 aliphatic rings. The molecule has 1 atom stereocenters. The van der Waals surface area contributed by atoms with Gasteiger partial charge in [0.1, 0.15) is 0 Å². The van der Waals surface area contributed by atoms with Gasteiger partial charge in [-0.05, 0) is 25.0 Å². The van der Waals surface area contributed by atoms with Gasteiger partial charge in [-0.3, -0.25) is 4.79 Å². The van der Waals surface area contributed by atoms with Crippen molar-refractivity contribution >= 4 is 23.1 Å². The van der Waals surface area contributed by atoms with Crippen LogP contribution in [0.5, 0.6) is 0 Å². The molecule has 15 heavy (non-hydrogen) atoms.